The first-order valence-corrected chi connectivity index (χ1v) is 9.10. The third-order valence-electron chi connectivity index (χ3n) is 6.88. The Balaban J connectivity index is 1.74. The lowest BCUT2D eigenvalue weighted by Crippen LogP contribution is -2.20. The summed E-state index contributed by atoms with van der Waals surface area (Å²) in [6, 6.07) is 6.00. The molecular weight excluding hydrogens is 360 g/mol. The summed E-state index contributed by atoms with van der Waals surface area (Å²) in [5.74, 6) is -0.741. The van der Waals surface area contributed by atoms with Crippen LogP contribution in [0.5, 0.6) is 17.2 Å². The fraction of sp³-hybridized carbons (Fsp3) is 0.227. The second kappa shape index (κ2) is 4.52. The average molecular weight is 376 g/mol. The standard InChI is InChI=1S/C22H16O6/c1-8(23)12-7-22(13-6-11(12)17(13)22)16-9-2-4-14(24)18(26)20(9)28-21-10(16)3-5-15(25)19(21)27/h2-6,11-12,17,23-24,26-27H,1,7H2. The second-order valence-electron chi connectivity index (χ2n) is 8.03. The van der Waals surface area contributed by atoms with Crippen molar-refractivity contribution in [3.63, 3.8) is 0 Å². The number of hydrogen-bond donors (Lipinski definition) is 4. The maximum atomic E-state index is 12.0. The van der Waals surface area contributed by atoms with E-state index in [1.807, 2.05) is 0 Å². The molecule has 2 fully saturated rings. The molecule has 6 rings (SSSR count). The van der Waals surface area contributed by atoms with Gasteiger partial charge in [0.2, 0.25) is 16.9 Å². The minimum Gasteiger partial charge on any atom is -0.513 e. The van der Waals surface area contributed by atoms with Crippen LogP contribution >= 0.6 is 0 Å². The summed E-state index contributed by atoms with van der Waals surface area (Å²) in [6.07, 6.45) is 2.82. The lowest BCUT2D eigenvalue weighted by molar-refractivity contribution is 0.286. The monoisotopic (exact) mass is 376 g/mol. The molecule has 6 heteroatoms. The zero-order valence-electron chi connectivity index (χ0n) is 14.6. The fourth-order valence-corrected chi connectivity index (χ4v) is 5.66. The van der Waals surface area contributed by atoms with Gasteiger partial charge in [-0.15, -0.1) is 0 Å². The minimum atomic E-state index is -0.581. The van der Waals surface area contributed by atoms with Crippen molar-refractivity contribution < 1.29 is 24.8 Å². The Morgan fingerprint density at radius 1 is 1.14 bits per heavy atom. The van der Waals surface area contributed by atoms with Crippen LogP contribution in [0.25, 0.3) is 22.3 Å². The van der Waals surface area contributed by atoms with E-state index in [4.69, 9.17) is 4.42 Å². The number of allylic oxidation sites excluding steroid dienone is 3. The predicted molar refractivity (Wildman–Crippen MR) is 101 cm³/mol. The van der Waals surface area contributed by atoms with Crippen LogP contribution in [0.3, 0.4) is 0 Å². The third kappa shape index (κ3) is 1.51. The first-order chi connectivity index (χ1) is 13.4. The summed E-state index contributed by atoms with van der Waals surface area (Å²) in [5, 5.41) is 41.3. The van der Waals surface area contributed by atoms with Crippen molar-refractivity contribution in [1.82, 2.24) is 0 Å². The Hall–Kier alpha value is -3.41. The summed E-state index contributed by atoms with van der Waals surface area (Å²) in [7, 11) is 0. The number of aromatic hydroxyl groups is 3. The number of phenolic OH excluding ortho intramolecular Hbond substituents is 3. The van der Waals surface area contributed by atoms with Gasteiger partial charge in [0.15, 0.2) is 17.1 Å². The Labute approximate surface area is 158 Å². The summed E-state index contributed by atoms with van der Waals surface area (Å²) in [5.41, 5.74) is 1.79. The molecule has 4 aliphatic carbocycles. The number of rotatable bonds is 2. The molecule has 0 amide bonds. The highest BCUT2D eigenvalue weighted by Crippen LogP contribution is 2.81. The predicted octanol–water partition coefficient (Wildman–Crippen LogP) is 3.53. The van der Waals surface area contributed by atoms with Crippen molar-refractivity contribution >= 4 is 11.0 Å². The van der Waals surface area contributed by atoms with Crippen LogP contribution in [0, 0.1) is 17.8 Å². The van der Waals surface area contributed by atoms with Gasteiger partial charge in [-0.2, -0.15) is 0 Å². The molecule has 4 atom stereocenters. The van der Waals surface area contributed by atoms with Crippen LogP contribution in [0.2, 0.25) is 0 Å². The van der Waals surface area contributed by atoms with Gasteiger partial charge in [-0.1, -0.05) is 18.2 Å². The maximum Gasteiger partial charge on any atom is 0.224 e. The molecule has 6 nitrogen and oxygen atoms in total. The van der Waals surface area contributed by atoms with E-state index in [9.17, 15) is 25.2 Å². The van der Waals surface area contributed by atoms with Crippen molar-refractivity contribution in [3.05, 3.63) is 64.0 Å². The Morgan fingerprint density at radius 2 is 1.93 bits per heavy atom. The molecule has 0 bridgehead atoms. The van der Waals surface area contributed by atoms with Crippen LogP contribution < -0.4 is 5.43 Å². The van der Waals surface area contributed by atoms with Crippen molar-refractivity contribution in [2.75, 3.05) is 0 Å². The highest BCUT2D eigenvalue weighted by atomic mass is 16.4. The van der Waals surface area contributed by atoms with E-state index in [0.717, 1.165) is 5.56 Å². The van der Waals surface area contributed by atoms with E-state index in [-0.39, 0.29) is 46.0 Å². The number of hydrogen-bond acceptors (Lipinski definition) is 6. The molecule has 1 aromatic carbocycles. The Morgan fingerprint density at radius 3 is 2.64 bits per heavy atom. The lowest BCUT2D eigenvalue weighted by atomic mass is 9.77. The molecule has 4 N–H and O–H groups in total. The summed E-state index contributed by atoms with van der Waals surface area (Å²) in [6.45, 7) is 3.72. The van der Waals surface area contributed by atoms with Crippen LogP contribution in [0.15, 0.2) is 57.5 Å². The van der Waals surface area contributed by atoms with E-state index in [1.165, 1.54) is 17.7 Å². The van der Waals surface area contributed by atoms with E-state index in [1.54, 1.807) is 12.1 Å². The highest BCUT2D eigenvalue weighted by Gasteiger charge is 2.76. The van der Waals surface area contributed by atoms with Gasteiger partial charge in [0, 0.05) is 28.2 Å². The molecule has 2 saturated carbocycles. The van der Waals surface area contributed by atoms with E-state index >= 15 is 0 Å². The number of fused-ring (bicyclic) bond motifs is 3. The van der Waals surface area contributed by atoms with Gasteiger partial charge in [-0.25, -0.2) is 0 Å². The molecule has 4 unspecified atom stereocenters. The zero-order chi connectivity index (χ0) is 19.5. The summed E-state index contributed by atoms with van der Waals surface area (Å²) >= 11 is 0. The topological polar surface area (TPSA) is 111 Å². The lowest BCUT2D eigenvalue weighted by Gasteiger charge is -2.28. The molecule has 0 aromatic heterocycles. The minimum absolute atomic E-state index is 0.0139. The van der Waals surface area contributed by atoms with Gasteiger partial charge in [-0.3, -0.25) is 4.79 Å². The first kappa shape index (κ1) is 15.6. The molecule has 0 saturated heterocycles. The Bertz CT molecular complexity index is 1300. The first-order valence-electron chi connectivity index (χ1n) is 9.10. The van der Waals surface area contributed by atoms with Crippen molar-refractivity contribution in [2.24, 2.45) is 17.8 Å². The van der Waals surface area contributed by atoms with Gasteiger partial charge in [0.05, 0.1) is 5.76 Å². The number of phenols is 3. The number of benzene rings is 2. The molecule has 0 spiro atoms. The average Bonchev–Trinajstić information content (AvgIpc) is 3.05. The Kier molecular flexibility index (Phi) is 2.52. The highest BCUT2D eigenvalue weighted by molar-refractivity contribution is 5.97. The largest absolute Gasteiger partial charge is 0.513 e. The molecular formula is C22H16O6. The van der Waals surface area contributed by atoms with Crippen molar-refractivity contribution in [3.8, 4) is 28.6 Å². The molecule has 140 valence electrons. The quantitative estimate of drug-likeness (QED) is 0.236. The van der Waals surface area contributed by atoms with Crippen LogP contribution in [-0.2, 0) is 5.41 Å². The summed E-state index contributed by atoms with van der Waals surface area (Å²) < 4.78 is 5.71. The number of aliphatic hydroxyl groups excluding tert-OH is 1. The van der Waals surface area contributed by atoms with Crippen LogP contribution in [0.1, 0.15) is 12.0 Å². The zero-order valence-corrected chi connectivity index (χ0v) is 14.6. The van der Waals surface area contributed by atoms with E-state index < -0.39 is 16.9 Å². The van der Waals surface area contributed by atoms with Gasteiger partial charge < -0.3 is 24.8 Å². The number of aliphatic hydroxyl groups is 1. The second-order valence-corrected chi connectivity index (χ2v) is 8.03. The van der Waals surface area contributed by atoms with Crippen LogP contribution in [-0.4, -0.2) is 20.4 Å². The van der Waals surface area contributed by atoms with Gasteiger partial charge in [0.25, 0.3) is 0 Å². The normalized spacial score (nSPS) is 29.4. The smallest absolute Gasteiger partial charge is 0.224 e. The molecule has 5 aliphatic rings. The van der Waals surface area contributed by atoms with Gasteiger partial charge in [0.1, 0.15) is 0 Å². The van der Waals surface area contributed by atoms with Crippen molar-refractivity contribution in [1.29, 1.82) is 0 Å². The van der Waals surface area contributed by atoms with Gasteiger partial charge in [-0.05, 0) is 42.2 Å². The molecule has 1 aromatic rings. The fourth-order valence-electron chi connectivity index (χ4n) is 5.66. The van der Waals surface area contributed by atoms with Crippen molar-refractivity contribution in [2.45, 2.75) is 11.8 Å². The van der Waals surface area contributed by atoms with Gasteiger partial charge >= 0.3 is 0 Å². The van der Waals surface area contributed by atoms with E-state index in [0.29, 0.717) is 17.4 Å². The molecule has 1 aliphatic heterocycles. The molecule has 28 heavy (non-hydrogen) atoms. The van der Waals surface area contributed by atoms with E-state index in [2.05, 4.69) is 12.7 Å². The summed E-state index contributed by atoms with van der Waals surface area (Å²) in [4.78, 5) is 12.0. The molecule has 0 radical (unpaired) electrons. The van der Waals surface area contributed by atoms with Crippen LogP contribution in [0.4, 0.5) is 0 Å². The maximum absolute atomic E-state index is 12.0. The third-order valence-corrected chi connectivity index (χ3v) is 6.88. The molecule has 1 heterocycles. The SMILES string of the molecule is C=C(O)C1CC2(c3c4ccc(=O)c(O)c-4oc4c(O)c(O)ccc34)C3=CC1C32.